The normalized spacial score (nSPS) is 14.0. The highest BCUT2D eigenvalue weighted by molar-refractivity contribution is 6.31. The van der Waals surface area contributed by atoms with E-state index in [9.17, 15) is 0 Å². The first kappa shape index (κ1) is 41.8. The number of aromatic nitrogens is 3. The molecule has 73 heavy (non-hydrogen) atoms. The number of hydrogen-bond donors (Lipinski definition) is 0. The van der Waals surface area contributed by atoms with E-state index in [4.69, 9.17) is 9.97 Å². The second-order valence-electron chi connectivity index (χ2n) is 21.3. The molecule has 0 bridgehead atoms. The summed E-state index contributed by atoms with van der Waals surface area (Å²) in [6, 6.07) is 82.8. The van der Waals surface area contributed by atoms with E-state index in [0.29, 0.717) is 0 Å². The fourth-order valence-corrected chi connectivity index (χ4v) is 13.0. The fraction of sp³-hybridized carbons (Fsp3) is 0.0857. The smallest absolute Gasteiger partial charge is 0.0973 e. The zero-order valence-electron chi connectivity index (χ0n) is 41.2. The summed E-state index contributed by atoms with van der Waals surface area (Å²) in [6.45, 7) is 9.40. The van der Waals surface area contributed by atoms with Crippen molar-refractivity contribution in [2.24, 2.45) is 0 Å². The first-order chi connectivity index (χ1) is 35.7. The summed E-state index contributed by atoms with van der Waals surface area (Å²) < 4.78 is 2.49. The van der Waals surface area contributed by atoms with E-state index in [0.717, 1.165) is 50.3 Å². The van der Waals surface area contributed by atoms with Gasteiger partial charge in [-0.05, 0) is 131 Å². The number of rotatable bonds is 5. The van der Waals surface area contributed by atoms with Crippen LogP contribution in [0.4, 0.5) is 0 Å². The van der Waals surface area contributed by atoms with Gasteiger partial charge in [-0.25, -0.2) is 9.97 Å². The second kappa shape index (κ2) is 15.3. The first-order valence-electron chi connectivity index (χ1n) is 25.6. The van der Waals surface area contributed by atoms with Crippen LogP contribution in [-0.2, 0) is 10.8 Å². The Bertz CT molecular complexity index is 4340. The van der Waals surface area contributed by atoms with E-state index in [1.54, 1.807) is 0 Å². The van der Waals surface area contributed by atoms with Gasteiger partial charge in [0.05, 0.1) is 33.5 Å². The molecule has 3 heteroatoms. The van der Waals surface area contributed by atoms with Crippen LogP contribution in [-0.4, -0.2) is 14.5 Å². The zero-order chi connectivity index (χ0) is 48.7. The Labute approximate surface area is 424 Å². The Morgan fingerprint density at radius 2 is 0.712 bits per heavy atom. The lowest BCUT2D eigenvalue weighted by atomic mass is 9.81. The number of nitrogens with zero attached hydrogens (tertiary/aromatic N) is 3. The highest BCUT2D eigenvalue weighted by atomic mass is 15.0. The summed E-state index contributed by atoms with van der Waals surface area (Å²) >= 11 is 0. The molecule has 2 heterocycles. The van der Waals surface area contributed by atoms with Crippen LogP contribution in [0.1, 0.15) is 49.9 Å². The van der Waals surface area contributed by atoms with Gasteiger partial charge in [-0.1, -0.05) is 210 Å². The zero-order valence-corrected chi connectivity index (χ0v) is 41.2. The summed E-state index contributed by atoms with van der Waals surface area (Å²) in [6.07, 6.45) is 0. The fourth-order valence-electron chi connectivity index (χ4n) is 13.0. The van der Waals surface area contributed by atoms with Gasteiger partial charge in [-0.15, -0.1) is 0 Å². The lowest BCUT2D eigenvalue weighted by Gasteiger charge is -2.23. The van der Waals surface area contributed by atoms with Crippen LogP contribution in [0, 0.1) is 0 Å². The highest BCUT2D eigenvalue weighted by Crippen LogP contribution is 2.53. The van der Waals surface area contributed by atoms with Crippen molar-refractivity contribution in [3.63, 3.8) is 0 Å². The maximum absolute atomic E-state index is 5.80. The number of fused-ring (bicyclic) bond motifs is 14. The van der Waals surface area contributed by atoms with E-state index in [1.807, 2.05) is 0 Å². The predicted octanol–water partition coefficient (Wildman–Crippen LogP) is 18.3. The summed E-state index contributed by atoms with van der Waals surface area (Å²) in [5.41, 5.74) is 23.9. The maximum atomic E-state index is 5.80. The van der Waals surface area contributed by atoms with E-state index in [-0.39, 0.29) is 10.8 Å². The standard InChI is InChI=1S/C70H49N3/c1-69(2)57-29-17-15-25-49(57)51-34-31-44(37-59(51)69)67-68(45-32-35-52-50-26-16-18-30-58(50)70(3,4)60(52)38-45)72-62-39-46(33-36-61(62)71-67)73-63-40-55(42-19-7-5-8-20-42)47-23-11-13-27-53(47)65(63)66-54-28-14-12-24-48(54)56(41-64(66)73)43-21-9-6-10-22-43/h5-41H,1-4H3. The molecule has 2 aromatic heterocycles. The van der Waals surface area contributed by atoms with Crippen LogP contribution in [0.15, 0.2) is 224 Å². The maximum Gasteiger partial charge on any atom is 0.0973 e. The van der Waals surface area contributed by atoms with E-state index in [1.165, 1.54) is 99.1 Å². The molecule has 0 saturated carbocycles. The third-order valence-electron chi connectivity index (χ3n) is 16.6. The summed E-state index contributed by atoms with van der Waals surface area (Å²) in [4.78, 5) is 11.5. The molecule has 2 aliphatic carbocycles. The van der Waals surface area contributed by atoms with Gasteiger partial charge in [0.2, 0.25) is 0 Å². The topological polar surface area (TPSA) is 30.7 Å². The van der Waals surface area contributed by atoms with Crippen LogP contribution < -0.4 is 0 Å². The third-order valence-corrected chi connectivity index (χ3v) is 16.6. The molecular formula is C70H49N3. The molecular weight excluding hydrogens is 883 g/mol. The lowest BCUT2D eigenvalue weighted by molar-refractivity contribution is 0.660. The molecule has 0 N–H and O–H groups in total. The molecule has 0 amide bonds. The van der Waals surface area contributed by atoms with Crippen molar-refractivity contribution in [2.45, 2.75) is 38.5 Å². The van der Waals surface area contributed by atoms with Crippen LogP contribution in [0.3, 0.4) is 0 Å². The molecule has 0 radical (unpaired) electrons. The van der Waals surface area contributed by atoms with Crippen LogP contribution in [0.25, 0.3) is 127 Å². The minimum atomic E-state index is -0.176. The summed E-state index contributed by atoms with van der Waals surface area (Å²) in [7, 11) is 0. The van der Waals surface area contributed by atoms with Crippen molar-refractivity contribution in [3.8, 4) is 72.7 Å². The van der Waals surface area contributed by atoms with Gasteiger partial charge in [0.15, 0.2) is 0 Å². The van der Waals surface area contributed by atoms with Gasteiger partial charge < -0.3 is 4.57 Å². The van der Waals surface area contributed by atoms with Gasteiger partial charge in [0.1, 0.15) is 0 Å². The lowest BCUT2D eigenvalue weighted by Crippen LogP contribution is -2.15. The van der Waals surface area contributed by atoms with Crippen molar-refractivity contribution in [2.75, 3.05) is 0 Å². The SMILES string of the molecule is CC1(C)c2ccccc2-c2ccc(-c3nc4ccc(-n5c6cc(-c7ccccc7)c7ccccc7c6c6c7ccccc7c(-c7ccccc7)cc65)cc4nc3-c3ccc4c(c3)C(C)(C)c3ccccc3-4)cc21. The molecule has 0 unspecified atom stereocenters. The Hall–Kier alpha value is -8.92. The Morgan fingerprint density at radius 1 is 0.301 bits per heavy atom. The average molecular weight is 932 g/mol. The summed E-state index contributed by atoms with van der Waals surface area (Å²) in [5, 5.41) is 7.42. The van der Waals surface area contributed by atoms with Crippen molar-refractivity contribution in [1.29, 1.82) is 0 Å². The average Bonchev–Trinajstić information content (AvgIpc) is 3.99. The Morgan fingerprint density at radius 3 is 1.21 bits per heavy atom. The van der Waals surface area contributed by atoms with E-state index >= 15 is 0 Å². The first-order valence-corrected chi connectivity index (χ1v) is 25.6. The molecule has 0 atom stereocenters. The molecule has 13 aromatic rings. The summed E-state index contributed by atoms with van der Waals surface area (Å²) in [5.74, 6) is 0. The van der Waals surface area contributed by atoms with Gasteiger partial charge in [-0.2, -0.15) is 0 Å². The van der Waals surface area contributed by atoms with E-state index < -0.39 is 0 Å². The largest absolute Gasteiger partial charge is 0.309 e. The third kappa shape index (κ3) is 6.00. The molecule has 0 saturated heterocycles. The minimum Gasteiger partial charge on any atom is -0.309 e. The van der Waals surface area contributed by atoms with Crippen LogP contribution in [0.2, 0.25) is 0 Å². The number of hydrogen-bond acceptors (Lipinski definition) is 2. The van der Waals surface area contributed by atoms with Crippen molar-refractivity contribution in [1.82, 2.24) is 14.5 Å². The number of benzene rings is 11. The van der Waals surface area contributed by atoms with Crippen LogP contribution >= 0.6 is 0 Å². The molecule has 3 nitrogen and oxygen atoms in total. The molecule has 0 fully saturated rings. The van der Waals surface area contributed by atoms with Gasteiger partial charge in [0.25, 0.3) is 0 Å². The van der Waals surface area contributed by atoms with Gasteiger partial charge >= 0.3 is 0 Å². The second-order valence-corrected chi connectivity index (χ2v) is 21.3. The highest BCUT2D eigenvalue weighted by Gasteiger charge is 2.37. The molecule has 344 valence electrons. The van der Waals surface area contributed by atoms with Gasteiger partial charge in [0, 0.05) is 38.4 Å². The molecule has 15 rings (SSSR count). The monoisotopic (exact) mass is 931 g/mol. The van der Waals surface area contributed by atoms with E-state index in [2.05, 4.69) is 257 Å². The molecule has 0 aliphatic heterocycles. The van der Waals surface area contributed by atoms with Crippen molar-refractivity contribution >= 4 is 54.4 Å². The Balaban J connectivity index is 1.02. The van der Waals surface area contributed by atoms with Crippen molar-refractivity contribution < 1.29 is 0 Å². The molecule has 2 aliphatic rings. The molecule has 0 spiro atoms. The predicted molar refractivity (Wildman–Crippen MR) is 306 cm³/mol. The molecule has 11 aromatic carbocycles. The Kier molecular flexibility index (Phi) is 8.76. The quantitative estimate of drug-likeness (QED) is 0.172. The van der Waals surface area contributed by atoms with Crippen LogP contribution in [0.5, 0.6) is 0 Å². The minimum absolute atomic E-state index is 0.162. The van der Waals surface area contributed by atoms with Gasteiger partial charge in [-0.3, -0.25) is 0 Å². The van der Waals surface area contributed by atoms with Crippen molar-refractivity contribution in [3.05, 3.63) is 247 Å².